The van der Waals surface area contributed by atoms with Gasteiger partial charge >= 0.3 is 0 Å². The highest BCUT2D eigenvalue weighted by Gasteiger charge is 2.24. The van der Waals surface area contributed by atoms with Crippen LogP contribution in [0.15, 0.2) is 0 Å². The molecule has 0 aromatic carbocycles. The summed E-state index contributed by atoms with van der Waals surface area (Å²) in [6.45, 7) is 18.9. The highest BCUT2D eigenvalue weighted by Crippen LogP contribution is 2.50. The zero-order chi connectivity index (χ0) is 14.5. The molecular weight excluding hydrogens is 256 g/mol. The third-order valence-corrected chi connectivity index (χ3v) is 10.6. The van der Waals surface area contributed by atoms with Gasteiger partial charge in [-0.05, 0) is 35.0 Å². The third kappa shape index (κ3) is 6.83. The quantitative estimate of drug-likeness (QED) is 0.632. The molecule has 0 aromatic heterocycles. The van der Waals surface area contributed by atoms with Gasteiger partial charge in [-0.15, -0.1) is 0 Å². The number of hydrogen-bond donors (Lipinski definition) is 1. The Kier molecular flexibility index (Phi) is 9.29. The van der Waals surface area contributed by atoms with E-state index in [1.807, 2.05) is 0 Å². The fourth-order valence-electron chi connectivity index (χ4n) is 2.64. The van der Waals surface area contributed by atoms with E-state index in [2.05, 4.69) is 55.4 Å². The minimum atomic E-state index is 0.0982. The maximum atomic E-state index is 6.46. The lowest BCUT2D eigenvalue weighted by molar-refractivity contribution is 0.818. The van der Waals surface area contributed by atoms with Crippen molar-refractivity contribution in [3.05, 3.63) is 0 Å². The van der Waals surface area contributed by atoms with Crippen LogP contribution < -0.4 is 5.73 Å². The van der Waals surface area contributed by atoms with Crippen molar-refractivity contribution in [2.24, 2.45) is 5.73 Å². The van der Waals surface area contributed by atoms with Crippen LogP contribution in [0.2, 0.25) is 0 Å². The summed E-state index contributed by atoms with van der Waals surface area (Å²) in [5, 5.41) is 0. The zero-order valence-corrected chi connectivity index (χ0v) is 15.6. The summed E-state index contributed by atoms with van der Waals surface area (Å²) in [4.78, 5) is 0. The molecule has 0 spiro atoms. The largest absolute Gasteiger partial charge is 0.327 e. The topological polar surface area (TPSA) is 26.0 Å². The molecule has 0 radical (unpaired) electrons. The van der Waals surface area contributed by atoms with Crippen molar-refractivity contribution in [3.8, 4) is 0 Å². The van der Waals surface area contributed by atoms with Crippen LogP contribution in [0.4, 0.5) is 0 Å². The molecule has 0 fully saturated rings. The van der Waals surface area contributed by atoms with Crippen molar-refractivity contribution >= 4 is 15.8 Å². The van der Waals surface area contributed by atoms with Gasteiger partial charge in [0.25, 0.3) is 0 Å². The van der Waals surface area contributed by atoms with E-state index >= 15 is 0 Å². The summed E-state index contributed by atoms with van der Waals surface area (Å²) < 4.78 is 0. The lowest BCUT2D eigenvalue weighted by Crippen LogP contribution is -2.31. The first-order chi connectivity index (χ1) is 8.16. The van der Waals surface area contributed by atoms with Crippen LogP contribution in [0.25, 0.3) is 0 Å². The molecule has 0 bridgehead atoms. The van der Waals surface area contributed by atoms with Gasteiger partial charge in [-0.2, -0.15) is 0 Å². The molecular formula is C15H35NP2. The van der Waals surface area contributed by atoms with E-state index in [9.17, 15) is 0 Å². The standard InChI is InChI=1S/C15H35NP2/c1-11(2)17(12(3)4)9-15(16)10-18(13(5)6)14(7)8/h11-15H,9-10,16H2,1-8H3. The first kappa shape index (κ1) is 18.8. The van der Waals surface area contributed by atoms with Crippen LogP contribution >= 0.6 is 15.8 Å². The smallest absolute Gasteiger partial charge is 0.0118 e. The van der Waals surface area contributed by atoms with Gasteiger partial charge in [-0.25, -0.2) is 0 Å². The fourth-order valence-corrected chi connectivity index (χ4v) is 8.25. The molecule has 0 aliphatic carbocycles. The van der Waals surface area contributed by atoms with E-state index in [0.29, 0.717) is 6.04 Å². The number of rotatable bonds is 8. The van der Waals surface area contributed by atoms with Crippen LogP contribution in [0.1, 0.15) is 55.4 Å². The number of hydrogen-bond acceptors (Lipinski definition) is 1. The molecule has 18 heavy (non-hydrogen) atoms. The Morgan fingerprint density at radius 2 is 0.833 bits per heavy atom. The van der Waals surface area contributed by atoms with E-state index < -0.39 is 0 Å². The molecule has 0 rings (SSSR count). The van der Waals surface area contributed by atoms with Gasteiger partial charge in [-0.3, -0.25) is 0 Å². The van der Waals surface area contributed by atoms with Gasteiger partial charge in [0, 0.05) is 6.04 Å². The van der Waals surface area contributed by atoms with Crippen molar-refractivity contribution in [2.75, 3.05) is 12.3 Å². The van der Waals surface area contributed by atoms with Crippen LogP contribution in [0.5, 0.6) is 0 Å². The molecule has 0 saturated heterocycles. The monoisotopic (exact) mass is 291 g/mol. The average molecular weight is 291 g/mol. The minimum Gasteiger partial charge on any atom is -0.327 e. The van der Waals surface area contributed by atoms with Crippen molar-refractivity contribution in [2.45, 2.75) is 84.1 Å². The van der Waals surface area contributed by atoms with Gasteiger partial charge in [0.2, 0.25) is 0 Å². The Balaban J connectivity index is 4.42. The average Bonchev–Trinajstić information content (AvgIpc) is 2.20. The molecule has 0 heterocycles. The SMILES string of the molecule is CC(C)P(CC(N)CP(C(C)C)C(C)C)C(C)C. The Labute approximate surface area is 118 Å². The highest BCUT2D eigenvalue weighted by atomic mass is 31.1. The molecule has 0 amide bonds. The second-order valence-corrected chi connectivity index (χ2v) is 13.4. The molecule has 0 aromatic rings. The van der Waals surface area contributed by atoms with Gasteiger partial charge in [-0.1, -0.05) is 71.2 Å². The first-order valence-corrected chi connectivity index (χ1v) is 10.8. The predicted molar refractivity (Wildman–Crippen MR) is 92.1 cm³/mol. The Hall–Kier alpha value is 0.820. The molecule has 0 aliphatic rings. The van der Waals surface area contributed by atoms with Gasteiger partial charge in [0.05, 0.1) is 0 Å². The van der Waals surface area contributed by atoms with E-state index in [1.165, 1.54) is 12.3 Å². The Morgan fingerprint density at radius 3 is 1.00 bits per heavy atom. The maximum absolute atomic E-state index is 6.46. The van der Waals surface area contributed by atoms with E-state index in [4.69, 9.17) is 5.73 Å². The second kappa shape index (κ2) is 8.89. The summed E-state index contributed by atoms with van der Waals surface area (Å²) >= 11 is 0. The maximum Gasteiger partial charge on any atom is 0.0118 e. The van der Waals surface area contributed by atoms with Crippen LogP contribution in [-0.4, -0.2) is 41.0 Å². The summed E-state index contributed by atoms with van der Waals surface area (Å²) in [5.41, 5.74) is 9.72. The normalized spacial score (nSPS) is 13.3. The molecule has 3 heteroatoms. The zero-order valence-electron chi connectivity index (χ0n) is 13.8. The molecule has 0 aliphatic heterocycles. The lowest BCUT2D eigenvalue weighted by atomic mass is 10.4. The first-order valence-electron chi connectivity index (χ1n) is 7.43. The highest BCUT2D eigenvalue weighted by molar-refractivity contribution is 7.60. The van der Waals surface area contributed by atoms with Crippen LogP contribution in [0.3, 0.4) is 0 Å². The van der Waals surface area contributed by atoms with Crippen molar-refractivity contribution in [1.82, 2.24) is 0 Å². The summed E-state index contributed by atoms with van der Waals surface area (Å²) in [7, 11) is 0.196. The third-order valence-electron chi connectivity index (χ3n) is 3.54. The molecule has 1 nitrogen and oxygen atoms in total. The molecule has 0 unspecified atom stereocenters. The summed E-state index contributed by atoms with van der Waals surface area (Å²) in [5.74, 6) is 0. The van der Waals surface area contributed by atoms with Crippen molar-refractivity contribution < 1.29 is 0 Å². The van der Waals surface area contributed by atoms with E-state index in [1.54, 1.807) is 0 Å². The Morgan fingerprint density at radius 1 is 0.611 bits per heavy atom. The van der Waals surface area contributed by atoms with Gasteiger partial charge < -0.3 is 5.73 Å². The summed E-state index contributed by atoms with van der Waals surface area (Å²) in [6, 6.07) is 0.428. The van der Waals surface area contributed by atoms with E-state index in [-0.39, 0.29) is 15.8 Å². The predicted octanol–water partition coefficient (Wildman–Crippen LogP) is 4.91. The molecule has 0 atom stereocenters. The van der Waals surface area contributed by atoms with Gasteiger partial charge in [0.1, 0.15) is 0 Å². The van der Waals surface area contributed by atoms with Crippen molar-refractivity contribution in [1.29, 1.82) is 0 Å². The molecule has 0 saturated carbocycles. The lowest BCUT2D eigenvalue weighted by Gasteiger charge is -2.33. The van der Waals surface area contributed by atoms with Crippen molar-refractivity contribution in [3.63, 3.8) is 0 Å². The van der Waals surface area contributed by atoms with Crippen LogP contribution in [-0.2, 0) is 0 Å². The fraction of sp³-hybridized carbons (Fsp3) is 1.00. The Bertz CT molecular complexity index is 177. The van der Waals surface area contributed by atoms with Crippen LogP contribution in [0, 0.1) is 0 Å². The molecule has 110 valence electrons. The minimum absolute atomic E-state index is 0.0982. The summed E-state index contributed by atoms with van der Waals surface area (Å²) in [6.07, 6.45) is 2.53. The van der Waals surface area contributed by atoms with Gasteiger partial charge in [0.15, 0.2) is 0 Å². The molecule has 2 N–H and O–H groups in total. The second-order valence-electron chi connectivity index (χ2n) is 6.53. The van der Waals surface area contributed by atoms with E-state index in [0.717, 1.165) is 22.6 Å². The number of nitrogens with two attached hydrogens (primary N) is 1.